The monoisotopic (exact) mass is 753 g/mol. The summed E-state index contributed by atoms with van der Waals surface area (Å²) in [5, 5.41) is 0. The van der Waals surface area contributed by atoms with E-state index in [1.807, 2.05) is 45.9 Å². The van der Waals surface area contributed by atoms with Crippen molar-refractivity contribution in [2.45, 2.75) is 45.0 Å². The third kappa shape index (κ3) is 17.8. The molecule has 0 spiro atoms. The van der Waals surface area contributed by atoms with E-state index in [0.717, 1.165) is 13.0 Å². The maximum absolute atomic E-state index is 5.86. The molecule has 1 heterocycles. The normalized spacial score (nSPS) is 17.5. The molecule has 0 radical (unpaired) electrons. The molecule has 2 N–H and O–H groups in total. The fourth-order valence-electron chi connectivity index (χ4n) is 2.54. The molecule has 0 amide bonds. The minimum absolute atomic E-state index is 0. The summed E-state index contributed by atoms with van der Waals surface area (Å²) in [7, 11) is 0. The van der Waals surface area contributed by atoms with Gasteiger partial charge in [-0.3, -0.25) is 0 Å². The molecule has 216 valence electrons. The van der Waals surface area contributed by atoms with Crippen molar-refractivity contribution in [2.75, 3.05) is 46.2 Å². The van der Waals surface area contributed by atoms with Gasteiger partial charge in [0.25, 0.3) is 0 Å². The van der Waals surface area contributed by atoms with Gasteiger partial charge < -0.3 is 58.1 Å². The van der Waals surface area contributed by atoms with Crippen molar-refractivity contribution in [1.29, 1.82) is 0 Å². The molecule has 0 aliphatic carbocycles. The van der Waals surface area contributed by atoms with Crippen LogP contribution in [0.15, 0.2) is 30.3 Å². The van der Waals surface area contributed by atoms with Gasteiger partial charge in [0.1, 0.15) is 10.9 Å². The Labute approximate surface area is 261 Å². The molecule has 2 rings (SSSR count). The van der Waals surface area contributed by atoms with E-state index in [0.29, 0.717) is 39.6 Å². The molecule has 1 aliphatic heterocycles. The second-order valence-electron chi connectivity index (χ2n) is 6.28. The van der Waals surface area contributed by atoms with E-state index in [1.165, 1.54) is 28.3 Å². The Bertz CT molecular complexity index is 691. The van der Waals surface area contributed by atoms with Gasteiger partial charge in [0.15, 0.2) is 0 Å². The summed E-state index contributed by atoms with van der Waals surface area (Å²) in [4.78, 5) is 0. The Hall–Kier alpha value is 2.18. The fraction of sp³-hybridized carbons (Fsp3) is 0.700. The van der Waals surface area contributed by atoms with Crippen LogP contribution in [0.25, 0.3) is 0 Å². The SMILES string of the molecule is CCOP(=S)(OCC)SC1OCCOC1SP(=S)(OCC)OCC.NCCc1ccccc1.[Cl-].[Cl-].[Pd+2]. The van der Waals surface area contributed by atoms with Gasteiger partial charge in [-0.15, -0.1) is 0 Å². The predicted octanol–water partition coefficient (Wildman–Crippen LogP) is -0.0599. The first kappa shape index (κ1) is 42.6. The topological polar surface area (TPSA) is 81.4 Å². The van der Waals surface area contributed by atoms with Crippen LogP contribution in [-0.4, -0.2) is 57.1 Å². The zero-order valence-electron chi connectivity index (χ0n) is 20.8. The smallest absolute Gasteiger partial charge is 1.00 e. The summed E-state index contributed by atoms with van der Waals surface area (Å²) >= 11 is 13.9. The maximum Gasteiger partial charge on any atom is 2.00 e. The van der Waals surface area contributed by atoms with Crippen LogP contribution in [0.1, 0.15) is 33.3 Å². The molecule has 2 atom stereocenters. The Balaban J connectivity index is -0.000000770. The van der Waals surface area contributed by atoms with E-state index in [4.69, 9.17) is 56.9 Å². The van der Waals surface area contributed by atoms with Crippen molar-refractivity contribution >= 4 is 57.8 Å². The van der Waals surface area contributed by atoms with E-state index in [1.54, 1.807) is 0 Å². The third-order valence-electron chi connectivity index (χ3n) is 3.76. The number of nitrogens with two attached hydrogens (primary N) is 1. The predicted molar refractivity (Wildman–Crippen MR) is 149 cm³/mol. The van der Waals surface area contributed by atoms with Crippen LogP contribution in [0.4, 0.5) is 0 Å². The van der Waals surface area contributed by atoms with E-state index >= 15 is 0 Å². The fourth-order valence-corrected chi connectivity index (χ4v) is 13.5. The molecule has 1 aliphatic rings. The minimum atomic E-state index is -2.49. The van der Waals surface area contributed by atoms with Gasteiger partial charge in [-0.2, -0.15) is 0 Å². The molecule has 16 heteroatoms. The standard InChI is InChI=1S/C12H26O6P2S4.C8H11N.2ClH.Pd/c1-5-15-19(21,16-6-2)23-11-12(14-10-9-13-11)24-20(22,17-7-3)18-8-4;9-7-6-8-4-2-1-3-5-8;;;/h11-12H,5-10H2,1-4H3;1-5H,6-7,9H2;2*1H;/q;;;;+2/p-2. The number of halogens is 2. The van der Waals surface area contributed by atoms with Gasteiger partial charge in [-0.05, 0) is 92.6 Å². The van der Waals surface area contributed by atoms with Crippen molar-refractivity contribution in [1.82, 2.24) is 0 Å². The minimum Gasteiger partial charge on any atom is -1.00 e. The molecular weight excluding hydrogens is 718 g/mol. The van der Waals surface area contributed by atoms with E-state index < -0.39 is 11.4 Å². The average Bonchev–Trinajstić information content (AvgIpc) is 2.77. The van der Waals surface area contributed by atoms with Crippen molar-refractivity contribution in [3.8, 4) is 0 Å². The van der Waals surface area contributed by atoms with E-state index in [-0.39, 0.29) is 56.1 Å². The zero-order chi connectivity index (χ0) is 24.6. The molecule has 2 unspecified atom stereocenters. The van der Waals surface area contributed by atoms with Crippen molar-refractivity contribution in [2.24, 2.45) is 5.73 Å². The van der Waals surface area contributed by atoms with Gasteiger partial charge in [-0.25, -0.2) is 0 Å². The Morgan fingerprint density at radius 1 is 0.806 bits per heavy atom. The maximum atomic E-state index is 5.86. The second kappa shape index (κ2) is 24.9. The first-order chi connectivity index (χ1) is 15.8. The molecule has 1 fully saturated rings. The Morgan fingerprint density at radius 3 is 1.47 bits per heavy atom. The molecule has 0 aromatic heterocycles. The number of benzene rings is 1. The molecule has 1 aromatic rings. The summed E-state index contributed by atoms with van der Waals surface area (Å²) in [5.74, 6) is 0. The summed E-state index contributed by atoms with van der Waals surface area (Å²) in [6, 6.07) is 10.3. The molecule has 0 saturated carbocycles. The second-order valence-corrected chi connectivity index (χ2v) is 18.9. The van der Waals surface area contributed by atoms with Crippen LogP contribution in [0.2, 0.25) is 0 Å². The zero-order valence-corrected chi connectivity index (χ0v) is 28.9. The van der Waals surface area contributed by atoms with Gasteiger partial charge in [-0.1, -0.05) is 30.3 Å². The van der Waals surface area contributed by atoms with E-state index in [9.17, 15) is 0 Å². The van der Waals surface area contributed by atoms with Crippen LogP contribution >= 0.6 is 34.2 Å². The molecule has 1 saturated heterocycles. The third-order valence-corrected chi connectivity index (χ3v) is 14.8. The first-order valence-corrected chi connectivity index (χ1v) is 19.2. The summed E-state index contributed by atoms with van der Waals surface area (Å²) < 4.78 is 34.5. The van der Waals surface area contributed by atoms with Crippen molar-refractivity contribution in [3.05, 3.63) is 35.9 Å². The van der Waals surface area contributed by atoms with Crippen LogP contribution in [0.3, 0.4) is 0 Å². The van der Waals surface area contributed by atoms with Gasteiger partial charge in [0.05, 0.1) is 39.6 Å². The summed E-state index contributed by atoms with van der Waals surface area (Å²) in [6.07, 6.45) is 0.987. The van der Waals surface area contributed by atoms with Crippen LogP contribution in [-0.2, 0) is 78.0 Å². The largest absolute Gasteiger partial charge is 2.00 e. The Morgan fingerprint density at radius 2 is 1.17 bits per heavy atom. The number of ether oxygens (including phenoxy) is 2. The molecule has 0 bridgehead atoms. The van der Waals surface area contributed by atoms with Crippen LogP contribution in [0.5, 0.6) is 0 Å². The van der Waals surface area contributed by atoms with Gasteiger partial charge in [0.2, 0.25) is 11.4 Å². The van der Waals surface area contributed by atoms with Gasteiger partial charge in [0, 0.05) is 0 Å². The molecule has 1 aromatic carbocycles. The van der Waals surface area contributed by atoms with Crippen LogP contribution < -0.4 is 30.5 Å². The first-order valence-electron chi connectivity index (χ1n) is 11.0. The number of hydrogen-bond acceptors (Lipinski definition) is 11. The van der Waals surface area contributed by atoms with Crippen molar-refractivity contribution < 1.29 is 72.8 Å². The quantitative estimate of drug-likeness (QED) is 0.205. The number of hydrogen-bond donors (Lipinski definition) is 1. The average molecular weight is 755 g/mol. The molecule has 36 heavy (non-hydrogen) atoms. The summed E-state index contributed by atoms with van der Waals surface area (Å²) in [6.45, 7) is 11.3. The number of rotatable bonds is 14. The molecular formula is C20H37Cl2NO6P2PdS4. The Kier molecular flexibility index (Phi) is 29.5. The molecule has 7 nitrogen and oxygen atoms in total. The van der Waals surface area contributed by atoms with Gasteiger partial charge >= 0.3 is 20.4 Å². The van der Waals surface area contributed by atoms with Crippen LogP contribution in [0, 0.1) is 0 Å². The van der Waals surface area contributed by atoms with Crippen molar-refractivity contribution in [3.63, 3.8) is 0 Å². The van der Waals surface area contributed by atoms with E-state index in [2.05, 4.69) is 12.1 Å². The summed E-state index contributed by atoms with van der Waals surface area (Å²) in [5.41, 5.74) is 1.02.